The van der Waals surface area contributed by atoms with E-state index in [1.54, 1.807) is 5.94 Å². The summed E-state index contributed by atoms with van der Waals surface area (Å²) in [5.74, 6) is 1.18. The Labute approximate surface area is 158 Å². The molecule has 27 heavy (non-hydrogen) atoms. The van der Waals surface area contributed by atoms with Crippen LogP contribution in [-0.4, -0.2) is 30.0 Å². The van der Waals surface area contributed by atoms with E-state index < -0.39 is 5.91 Å². The highest BCUT2D eigenvalue weighted by molar-refractivity contribution is 6.08. The van der Waals surface area contributed by atoms with E-state index in [9.17, 15) is 9.59 Å². The maximum atomic E-state index is 12.6. The Kier molecular flexibility index (Phi) is 5.79. The number of ether oxygens (including phenoxy) is 1. The minimum absolute atomic E-state index is 0.0733. The Hall–Kier alpha value is -2.82. The van der Waals surface area contributed by atoms with Crippen molar-refractivity contribution in [3.8, 4) is 0 Å². The number of amides is 1. The van der Waals surface area contributed by atoms with Crippen molar-refractivity contribution in [2.75, 3.05) is 7.11 Å². The Bertz CT molecular complexity index is 935. The molecule has 0 bridgehead atoms. The molecule has 0 spiro atoms. The highest BCUT2D eigenvalue weighted by Crippen LogP contribution is 2.39. The number of benzene rings is 1. The van der Waals surface area contributed by atoms with Crippen LogP contribution in [0.3, 0.4) is 0 Å². The average molecular weight is 368 g/mol. The molecule has 142 valence electrons. The highest BCUT2D eigenvalue weighted by atomic mass is 16.6. The fourth-order valence-corrected chi connectivity index (χ4v) is 3.48. The third kappa shape index (κ3) is 3.82. The van der Waals surface area contributed by atoms with Gasteiger partial charge in [0, 0.05) is 22.2 Å². The maximum absolute atomic E-state index is 12.6. The first-order chi connectivity index (χ1) is 13.1. The van der Waals surface area contributed by atoms with Gasteiger partial charge in [-0.2, -0.15) is 0 Å². The molecule has 1 amide bonds. The van der Waals surface area contributed by atoms with Crippen LogP contribution in [0.4, 0.5) is 0 Å². The van der Waals surface area contributed by atoms with Crippen molar-refractivity contribution in [1.82, 2.24) is 10.5 Å². The Morgan fingerprint density at radius 3 is 2.85 bits per heavy atom. The average Bonchev–Trinajstić information content (AvgIpc) is 3.22. The van der Waals surface area contributed by atoms with Gasteiger partial charge in [0.2, 0.25) is 5.76 Å². The van der Waals surface area contributed by atoms with Crippen LogP contribution in [0, 0.1) is 6.92 Å². The molecule has 1 atom stereocenters. The van der Waals surface area contributed by atoms with Crippen molar-refractivity contribution in [1.29, 1.82) is 0 Å². The molecular weight excluding hydrogens is 344 g/mol. The number of carbonyl (C=O) groups excluding carboxylic acids is 2. The molecule has 0 fully saturated rings. The van der Waals surface area contributed by atoms with Gasteiger partial charge in [0.15, 0.2) is 5.94 Å². The first-order valence-electron chi connectivity index (χ1n) is 9.18. The van der Waals surface area contributed by atoms with Crippen LogP contribution in [0.15, 0.2) is 35.6 Å². The molecule has 1 aromatic heterocycles. The van der Waals surface area contributed by atoms with Crippen LogP contribution in [0.2, 0.25) is 0 Å². The van der Waals surface area contributed by atoms with Gasteiger partial charge in [-0.3, -0.25) is 9.63 Å². The van der Waals surface area contributed by atoms with Crippen LogP contribution in [-0.2, 0) is 19.2 Å². The van der Waals surface area contributed by atoms with Gasteiger partial charge in [0.1, 0.15) is 11.7 Å². The number of fused-ring (bicyclic) bond motifs is 1. The van der Waals surface area contributed by atoms with Crippen molar-refractivity contribution >= 4 is 28.3 Å². The van der Waals surface area contributed by atoms with Crippen LogP contribution in [0.5, 0.6) is 0 Å². The molecule has 0 aliphatic carbocycles. The molecular formula is C21H24N2O4. The van der Waals surface area contributed by atoms with Gasteiger partial charge < -0.3 is 9.72 Å². The van der Waals surface area contributed by atoms with Gasteiger partial charge >= 0.3 is 0 Å². The van der Waals surface area contributed by atoms with Crippen LogP contribution in [0.25, 0.3) is 16.5 Å². The predicted octanol–water partition coefficient (Wildman–Crippen LogP) is 3.60. The van der Waals surface area contributed by atoms with Crippen molar-refractivity contribution in [3.05, 3.63) is 46.9 Å². The minimum Gasteiger partial charge on any atom is -0.474 e. The van der Waals surface area contributed by atoms with Crippen molar-refractivity contribution in [2.45, 2.75) is 45.6 Å². The molecule has 1 aliphatic rings. The molecule has 2 N–H and O–H groups in total. The van der Waals surface area contributed by atoms with Gasteiger partial charge in [-0.1, -0.05) is 31.4 Å². The molecule has 0 saturated carbocycles. The van der Waals surface area contributed by atoms with Crippen molar-refractivity contribution in [3.63, 3.8) is 0 Å². The number of carbonyl (C=O) groups is 1. The number of nitrogens with one attached hydrogen (secondary N) is 2. The van der Waals surface area contributed by atoms with Crippen LogP contribution >= 0.6 is 0 Å². The van der Waals surface area contributed by atoms with E-state index in [2.05, 4.69) is 23.5 Å². The van der Waals surface area contributed by atoms with Gasteiger partial charge in [0.25, 0.3) is 5.91 Å². The lowest BCUT2D eigenvalue weighted by atomic mass is 9.97. The maximum Gasteiger partial charge on any atom is 0.279 e. The van der Waals surface area contributed by atoms with E-state index in [4.69, 9.17) is 9.57 Å². The number of hydrogen-bond acceptors (Lipinski definition) is 4. The first kappa shape index (κ1) is 19.0. The number of unbranched alkanes of at least 4 members (excludes halogenated alkanes) is 2. The molecule has 0 saturated heterocycles. The highest BCUT2D eigenvalue weighted by Gasteiger charge is 2.37. The molecule has 1 aromatic carbocycles. The Morgan fingerprint density at radius 1 is 1.33 bits per heavy atom. The topological polar surface area (TPSA) is 80.4 Å². The van der Waals surface area contributed by atoms with E-state index in [0.29, 0.717) is 12.0 Å². The van der Waals surface area contributed by atoms with Gasteiger partial charge in [-0.25, -0.2) is 10.3 Å². The number of rotatable bonds is 7. The molecule has 2 heterocycles. The predicted molar refractivity (Wildman–Crippen MR) is 103 cm³/mol. The molecule has 3 rings (SSSR count). The monoisotopic (exact) mass is 368 g/mol. The number of aryl methyl sites for hydroxylation is 1. The van der Waals surface area contributed by atoms with Gasteiger partial charge in [-0.15, -0.1) is 0 Å². The Balaban J connectivity index is 2.11. The zero-order chi connectivity index (χ0) is 19.4. The van der Waals surface area contributed by atoms with Gasteiger partial charge in [0.05, 0.1) is 7.11 Å². The third-order valence-electron chi connectivity index (χ3n) is 4.73. The lowest BCUT2D eigenvalue weighted by Crippen LogP contribution is -2.24. The van der Waals surface area contributed by atoms with Crippen molar-refractivity contribution in [2.24, 2.45) is 0 Å². The van der Waals surface area contributed by atoms with E-state index >= 15 is 0 Å². The summed E-state index contributed by atoms with van der Waals surface area (Å²) < 4.78 is 5.81. The molecule has 1 aliphatic heterocycles. The zero-order valence-electron chi connectivity index (χ0n) is 15.8. The molecule has 0 radical (unpaired) electrons. The van der Waals surface area contributed by atoms with Crippen LogP contribution in [0.1, 0.15) is 43.9 Å². The fraction of sp³-hybridized carbons (Fsp3) is 0.381. The molecule has 2 aromatic rings. The van der Waals surface area contributed by atoms with E-state index in [1.165, 1.54) is 7.11 Å². The number of hydroxylamine groups is 1. The number of H-pyrrole nitrogens is 1. The second-order valence-corrected chi connectivity index (χ2v) is 6.73. The van der Waals surface area contributed by atoms with E-state index in [1.807, 2.05) is 25.1 Å². The summed E-state index contributed by atoms with van der Waals surface area (Å²) in [4.78, 5) is 32.1. The summed E-state index contributed by atoms with van der Waals surface area (Å²) >= 11 is 0. The summed E-state index contributed by atoms with van der Waals surface area (Å²) in [6, 6.07) is 8.09. The summed E-state index contributed by atoms with van der Waals surface area (Å²) in [6.07, 6.45) is 3.41. The van der Waals surface area contributed by atoms with E-state index in [-0.39, 0.29) is 17.4 Å². The normalized spacial score (nSPS) is 16.6. The lowest BCUT2D eigenvalue weighted by molar-refractivity contribution is -0.127. The summed E-state index contributed by atoms with van der Waals surface area (Å²) in [5, 5.41) is 1.04. The lowest BCUT2D eigenvalue weighted by Gasteiger charge is -2.13. The van der Waals surface area contributed by atoms with Crippen molar-refractivity contribution < 1.29 is 19.2 Å². The van der Waals surface area contributed by atoms with Crippen LogP contribution < -0.4 is 5.48 Å². The minimum atomic E-state index is -0.515. The zero-order valence-corrected chi connectivity index (χ0v) is 15.8. The second kappa shape index (κ2) is 8.25. The second-order valence-electron chi connectivity index (χ2n) is 6.73. The fourth-order valence-electron chi connectivity index (χ4n) is 3.48. The molecule has 6 nitrogen and oxygen atoms in total. The third-order valence-corrected chi connectivity index (χ3v) is 4.73. The number of aromatic nitrogens is 1. The van der Waals surface area contributed by atoms with Gasteiger partial charge in [-0.05, 0) is 38.0 Å². The first-order valence-corrected chi connectivity index (χ1v) is 9.18. The SMILES string of the molecule is CCCCCC1OC(=C=O)C(C(=O)NOC)=C1c1cc2cc(C)ccc2[nH]1. The van der Waals surface area contributed by atoms with E-state index in [0.717, 1.165) is 41.4 Å². The number of hydrogen-bond donors (Lipinski definition) is 2. The summed E-state index contributed by atoms with van der Waals surface area (Å²) in [6.45, 7) is 4.16. The summed E-state index contributed by atoms with van der Waals surface area (Å²) in [5.41, 5.74) is 6.02. The quantitative estimate of drug-likeness (QED) is 0.444. The Morgan fingerprint density at radius 2 is 2.15 bits per heavy atom. The smallest absolute Gasteiger partial charge is 0.279 e. The largest absolute Gasteiger partial charge is 0.474 e. The standard InChI is InChI=1S/C21H24N2O4/c1-4-5-6-7-17-19(20(18(12-24)27-17)21(25)23-26-3)16-11-14-10-13(2)8-9-15(14)22-16/h8-11,17,22H,4-7H2,1-3H3,(H,23,25). The summed E-state index contributed by atoms with van der Waals surface area (Å²) in [7, 11) is 1.35. The number of aromatic amines is 1. The molecule has 1 unspecified atom stereocenters. The molecule has 6 heteroatoms.